The van der Waals surface area contributed by atoms with Gasteiger partial charge in [-0.3, -0.25) is 9.59 Å². The lowest BCUT2D eigenvalue weighted by molar-refractivity contribution is -0.141. The highest BCUT2D eigenvalue weighted by atomic mass is 16.4. The van der Waals surface area contributed by atoms with Crippen molar-refractivity contribution in [1.82, 2.24) is 5.32 Å². The van der Waals surface area contributed by atoms with Crippen LogP contribution in [0.5, 0.6) is 0 Å². The molecule has 13 heavy (non-hydrogen) atoms. The minimum absolute atomic E-state index is 0.0400. The fraction of sp³-hybridized carbons (Fsp3) is 0.778. The van der Waals surface area contributed by atoms with Crippen molar-refractivity contribution in [3.05, 3.63) is 0 Å². The molecule has 1 saturated carbocycles. The zero-order chi connectivity index (χ0) is 10.0. The van der Waals surface area contributed by atoms with Gasteiger partial charge in [0.1, 0.15) is 6.04 Å². The topological polar surface area (TPSA) is 66.4 Å². The molecule has 2 atom stereocenters. The Hall–Kier alpha value is -1.06. The van der Waals surface area contributed by atoms with Crippen LogP contribution in [0.3, 0.4) is 0 Å². The molecule has 0 spiro atoms. The van der Waals surface area contributed by atoms with Gasteiger partial charge in [0, 0.05) is 5.92 Å². The molecule has 1 unspecified atom stereocenters. The van der Waals surface area contributed by atoms with Gasteiger partial charge in [-0.25, -0.2) is 0 Å². The molecule has 4 nitrogen and oxygen atoms in total. The van der Waals surface area contributed by atoms with Crippen molar-refractivity contribution >= 4 is 11.9 Å². The summed E-state index contributed by atoms with van der Waals surface area (Å²) < 4.78 is 0. The zero-order valence-electron chi connectivity index (χ0n) is 7.91. The summed E-state index contributed by atoms with van der Waals surface area (Å²) in [4.78, 5) is 21.8. The fourth-order valence-corrected chi connectivity index (χ4v) is 1.22. The monoisotopic (exact) mass is 185 g/mol. The van der Waals surface area contributed by atoms with Gasteiger partial charge in [-0.05, 0) is 25.7 Å². The second-order valence-corrected chi connectivity index (χ2v) is 3.69. The number of amides is 1. The lowest BCUT2D eigenvalue weighted by atomic mass is 10.1. The van der Waals surface area contributed by atoms with Crippen LogP contribution in [-0.2, 0) is 9.59 Å². The number of aliphatic carboxylic acids is 1. The Balaban J connectivity index is 2.35. The van der Waals surface area contributed by atoms with E-state index in [9.17, 15) is 9.59 Å². The normalized spacial score (nSPS) is 20.5. The molecule has 1 fully saturated rings. The van der Waals surface area contributed by atoms with Crippen LogP contribution in [-0.4, -0.2) is 23.0 Å². The molecule has 1 rings (SSSR count). The van der Waals surface area contributed by atoms with E-state index in [2.05, 4.69) is 5.32 Å². The number of carbonyl (C=O) groups is 2. The van der Waals surface area contributed by atoms with Crippen LogP contribution in [0.1, 0.15) is 26.7 Å². The van der Waals surface area contributed by atoms with E-state index >= 15 is 0 Å². The first-order chi connectivity index (χ1) is 6.02. The van der Waals surface area contributed by atoms with Gasteiger partial charge in [0.05, 0.1) is 0 Å². The third-order valence-corrected chi connectivity index (χ3v) is 2.47. The molecule has 0 bridgehead atoms. The van der Waals surface area contributed by atoms with E-state index in [1.165, 1.54) is 6.92 Å². The lowest BCUT2D eigenvalue weighted by Crippen LogP contribution is -2.41. The van der Waals surface area contributed by atoms with Gasteiger partial charge in [-0.15, -0.1) is 0 Å². The maximum absolute atomic E-state index is 11.4. The number of nitrogens with one attached hydrogen (secondary N) is 1. The minimum Gasteiger partial charge on any atom is -0.480 e. The minimum atomic E-state index is -0.989. The van der Waals surface area contributed by atoms with Crippen LogP contribution in [0, 0.1) is 11.8 Å². The van der Waals surface area contributed by atoms with E-state index < -0.39 is 12.0 Å². The van der Waals surface area contributed by atoms with E-state index in [-0.39, 0.29) is 11.8 Å². The van der Waals surface area contributed by atoms with Crippen LogP contribution in [0.15, 0.2) is 0 Å². The highest BCUT2D eigenvalue weighted by Crippen LogP contribution is 2.36. The van der Waals surface area contributed by atoms with E-state index in [1.807, 2.05) is 6.92 Å². The van der Waals surface area contributed by atoms with E-state index in [1.54, 1.807) is 0 Å². The van der Waals surface area contributed by atoms with Crippen LogP contribution in [0.25, 0.3) is 0 Å². The number of hydrogen-bond donors (Lipinski definition) is 2. The van der Waals surface area contributed by atoms with Gasteiger partial charge in [0.15, 0.2) is 0 Å². The molecule has 0 radical (unpaired) electrons. The molecular weight excluding hydrogens is 170 g/mol. The standard InChI is InChI=1S/C9H15NO3/c1-5(7-3-4-7)8(11)10-6(2)9(12)13/h5-7H,3-4H2,1-2H3,(H,10,11)(H,12,13)/t5?,6-/m1/s1. The SMILES string of the molecule is CC(C(=O)N[C@H](C)C(=O)O)C1CC1. The van der Waals surface area contributed by atoms with Gasteiger partial charge < -0.3 is 10.4 Å². The second-order valence-electron chi connectivity index (χ2n) is 3.69. The summed E-state index contributed by atoms with van der Waals surface area (Å²) in [7, 11) is 0. The highest BCUT2D eigenvalue weighted by molar-refractivity contribution is 5.84. The molecule has 0 aromatic carbocycles. The van der Waals surface area contributed by atoms with Gasteiger partial charge in [-0.2, -0.15) is 0 Å². The quantitative estimate of drug-likeness (QED) is 0.674. The number of hydrogen-bond acceptors (Lipinski definition) is 2. The average Bonchev–Trinajstić information content (AvgIpc) is 2.85. The summed E-state index contributed by atoms with van der Waals surface area (Å²) in [6, 6.07) is -0.784. The molecule has 0 aromatic heterocycles. The van der Waals surface area contributed by atoms with Crippen molar-refractivity contribution in [3.63, 3.8) is 0 Å². The first-order valence-electron chi connectivity index (χ1n) is 4.55. The highest BCUT2D eigenvalue weighted by Gasteiger charge is 2.33. The van der Waals surface area contributed by atoms with Crippen LogP contribution in [0.2, 0.25) is 0 Å². The Morgan fingerprint density at radius 2 is 1.92 bits per heavy atom. The summed E-state index contributed by atoms with van der Waals surface area (Å²) >= 11 is 0. The summed E-state index contributed by atoms with van der Waals surface area (Å²) in [6.07, 6.45) is 2.19. The van der Waals surface area contributed by atoms with Gasteiger partial charge in [0.25, 0.3) is 0 Å². The maximum atomic E-state index is 11.4. The molecule has 0 aliphatic heterocycles. The van der Waals surface area contributed by atoms with Gasteiger partial charge in [0.2, 0.25) is 5.91 Å². The number of rotatable bonds is 4. The van der Waals surface area contributed by atoms with Crippen LogP contribution in [0.4, 0.5) is 0 Å². The number of carboxylic acid groups (broad SMARTS) is 1. The molecule has 4 heteroatoms. The number of carbonyl (C=O) groups excluding carboxylic acids is 1. The molecule has 74 valence electrons. The van der Waals surface area contributed by atoms with E-state index in [0.717, 1.165) is 12.8 Å². The summed E-state index contributed by atoms with van der Waals surface area (Å²) in [5, 5.41) is 11.0. The third kappa shape index (κ3) is 2.72. The largest absolute Gasteiger partial charge is 0.480 e. The van der Waals surface area contributed by atoms with Gasteiger partial charge >= 0.3 is 5.97 Å². The Labute approximate surface area is 77.3 Å². The molecule has 0 saturated heterocycles. The Kier molecular flexibility index (Phi) is 2.90. The van der Waals surface area contributed by atoms with Gasteiger partial charge in [-0.1, -0.05) is 6.92 Å². The van der Waals surface area contributed by atoms with Crippen LogP contribution >= 0.6 is 0 Å². The predicted octanol–water partition coefficient (Wildman–Crippen LogP) is 0.622. The molecule has 1 aliphatic rings. The Morgan fingerprint density at radius 3 is 2.31 bits per heavy atom. The molecule has 0 heterocycles. The predicted molar refractivity (Wildman–Crippen MR) is 47.1 cm³/mol. The fourth-order valence-electron chi connectivity index (χ4n) is 1.22. The molecule has 1 amide bonds. The Bertz CT molecular complexity index is 223. The first-order valence-corrected chi connectivity index (χ1v) is 4.55. The first kappa shape index (κ1) is 10.0. The zero-order valence-corrected chi connectivity index (χ0v) is 7.91. The third-order valence-electron chi connectivity index (χ3n) is 2.47. The Morgan fingerprint density at radius 1 is 1.38 bits per heavy atom. The summed E-state index contributed by atoms with van der Waals surface area (Å²) in [5.74, 6) is -0.698. The van der Waals surface area contributed by atoms with E-state index in [0.29, 0.717) is 5.92 Å². The number of carboxylic acids is 1. The van der Waals surface area contributed by atoms with Crippen molar-refractivity contribution in [3.8, 4) is 0 Å². The maximum Gasteiger partial charge on any atom is 0.325 e. The molecule has 1 aliphatic carbocycles. The van der Waals surface area contributed by atoms with Crippen molar-refractivity contribution in [1.29, 1.82) is 0 Å². The summed E-state index contributed by atoms with van der Waals surface area (Å²) in [6.45, 7) is 3.32. The molecule has 2 N–H and O–H groups in total. The summed E-state index contributed by atoms with van der Waals surface area (Å²) in [5.41, 5.74) is 0. The van der Waals surface area contributed by atoms with E-state index in [4.69, 9.17) is 5.11 Å². The van der Waals surface area contributed by atoms with Crippen molar-refractivity contribution in [2.75, 3.05) is 0 Å². The van der Waals surface area contributed by atoms with Crippen molar-refractivity contribution in [2.45, 2.75) is 32.7 Å². The average molecular weight is 185 g/mol. The smallest absolute Gasteiger partial charge is 0.325 e. The molecular formula is C9H15NO3. The van der Waals surface area contributed by atoms with Crippen molar-refractivity contribution < 1.29 is 14.7 Å². The van der Waals surface area contributed by atoms with Crippen molar-refractivity contribution in [2.24, 2.45) is 11.8 Å². The molecule has 0 aromatic rings. The second kappa shape index (κ2) is 3.77. The van der Waals surface area contributed by atoms with Crippen LogP contribution < -0.4 is 5.32 Å². The lowest BCUT2D eigenvalue weighted by Gasteiger charge is -2.13.